The second kappa shape index (κ2) is 3.77. The van der Waals surface area contributed by atoms with Gasteiger partial charge in [-0.3, -0.25) is 0 Å². The van der Waals surface area contributed by atoms with Gasteiger partial charge in [0.2, 0.25) is 0 Å². The summed E-state index contributed by atoms with van der Waals surface area (Å²) in [4.78, 5) is 0. The van der Waals surface area contributed by atoms with Crippen LogP contribution in [0.15, 0.2) is 29.6 Å². The minimum absolute atomic E-state index is 0.557. The zero-order valence-electron chi connectivity index (χ0n) is 7.19. The molecule has 0 bridgehead atoms. The van der Waals surface area contributed by atoms with Crippen molar-refractivity contribution in [3.05, 3.63) is 29.6 Å². The zero-order valence-corrected chi connectivity index (χ0v) is 8.01. The summed E-state index contributed by atoms with van der Waals surface area (Å²) in [6.07, 6.45) is 0. The standard InChI is InChI=1S/C10H11NOS/c11-4-5-12-9-1-2-10-8(7-9)3-6-13-10/h1-3,6-7H,4-5,11H2. The van der Waals surface area contributed by atoms with E-state index in [4.69, 9.17) is 10.5 Å². The highest BCUT2D eigenvalue weighted by atomic mass is 32.1. The molecule has 0 saturated carbocycles. The molecule has 0 saturated heterocycles. The van der Waals surface area contributed by atoms with Crippen molar-refractivity contribution in [2.75, 3.05) is 13.2 Å². The number of hydrogen-bond donors (Lipinski definition) is 1. The SMILES string of the molecule is NCCOc1ccc2sccc2c1. The molecule has 1 aromatic heterocycles. The van der Waals surface area contributed by atoms with Crippen molar-refractivity contribution in [1.29, 1.82) is 0 Å². The molecule has 2 rings (SSSR count). The van der Waals surface area contributed by atoms with Gasteiger partial charge in [0.15, 0.2) is 0 Å². The second-order valence-corrected chi connectivity index (χ2v) is 3.71. The molecular formula is C10H11NOS. The van der Waals surface area contributed by atoms with E-state index in [0.717, 1.165) is 5.75 Å². The fraction of sp³-hybridized carbons (Fsp3) is 0.200. The monoisotopic (exact) mass is 193 g/mol. The molecule has 0 fully saturated rings. The Hall–Kier alpha value is -1.06. The third-order valence-corrected chi connectivity index (χ3v) is 2.71. The van der Waals surface area contributed by atoms with E-state index in [9.17, 15) is 0 Å². The molecule has 0 unspecified atom stereocenters. The van der Waals surface area contributed by atoms with Gasteiger partial charge >= 0.3 is 0 Å². The van der Waals surface area contributed by atoms with E-state index < -0.39 is 0 Å². The van der Waals surface area contributed by atoms with Crippen LogP contribution in [0.25, 0.3) is 10.1 Å². The lowest BCUT2D eigenvalue weighted by molar-refractivity contribution is 0.329. The van der Waals surface area contributed by atoms with Crippen molar-refractivity contribution in [2.45, 2.75) is 0 Å². The first-order valence-electron chi connectivity index (χ1n) is 4.20. The maximum absolute atomic E-state index is 5.41. The van der Waals surface area contributed by atoms with Crippen LogP contribution in [0, 0.1) is 0 Å². The molecule has 1 heterocycles. The molecule has 0 amide bonds. The smallest absolute Gasteiger partial charge is 0.120 e. The molecule has 3 heteroatoms. The largest absolute Gasteiger partial charge is 0.492 e. The summed E-state index contributed by atoms with van der Waals surface area (Å²) in [5.74, 6) is 0.899. The molecule has 0 aliphatic heterocycles. The van der Waals surface area contributed by atoms with Crippen molar-refractivity contribution in [2.24, 2.45) is 5.73 Å². The number of rotatable bonds is 3. The number of hydrogen-bond acceptors (Lipinski definition) is 3. The summed E-state index contributed by atoms with van der Waals surface area (Å²) in [6.45, 7) is 1.14. The molecule has 13 heavy (non-hydrogen) atoms. The second-order valence-electron chi connectivity index (χ2n) is 2.76. The molecule has 68 valence electrons. The van der Waals surface area contributed by atoms with Gasteiger partial charge in [-0.1, -0.05) is 0 Å². The van der Waals surface area contributed by atoms with Crippen molar-refractivity contribution < 1.29 is 4.74 Å². The van der Waals surface area contributed by atoms with Gasteiger partial charge in [0, 0.05) is 11.2 Å². The molecule has 0 aliphatic rings. The summed E-state index contributed by atoms with van der Waals surface area (Å²) in [5, 5.41) is 3.32. The molecule has 0 aliphatic carbocycles. The Morgan fingerprint density at radius 3 is 3.08 bits per heavy atom. The Kier molecular flexibility index (Phi) is 2.47. The molecule has 0 radical (unpaired) electrons. The summed E-state index contributed by atoms with van der Waals surface area (Å²) in [7, 11) is 0. The highest BCUT2D eigenvalue weighted by molar-refractivity contribution is 7.17. The summed E-state index contributed by atoms with van der Waals surface area (Å²) in [6, 6.07) is 8.19. The Labute approximate surface area is 80.9 Å². The maximum Gasteiger partial charge on any atom is 0.120 e. The fourth-order valence-corrected chi connectivity index (χ4v) is 1.98. The third kappa shape index (κ3) is 1.82. The topological polar surface area (TPSA) is 35.2 Å². The summed E-state index contributed by atoms with van der Waals surface area (Å²) >= 11 is 1.74. The van der Waals surface area contributed by atoms with E-state index in [2.05, 4.69) is 17.5 Å². The third-order valence-electron chi connectivity index (χ3n) is 1.81. The number of benzene rings is 1. The van der Waals surface area contributed by atoms with Crippen LogP contribution < -0.4 is 10.5 Å². The van der Waals surface area contributed by atoms with E-state index in [1.807, 2.05) is 12.1 Å². The van der Waals surface area contributed by atoms with Gasteiger partial charge in [0.05, 0.1) is 0 Å². The quantitative estimate of drug-likeness (QED) is 0.811. The van der Waals surface area contributed by atoms with E-state index in [0.29, 0.717) is 13.2 Å². The maximum atomic E-state index is 5.41. The first kappa shape index (κ1) is 8.53. The van der Waals surface area contributed by atoms with Gasteiger partial charge in [-0.2, -0.15) is 0 Å². The van der Waals surface area contributed by atoms with Crippen LogP contribution >= 0.6 is 11.3 Å². The zero-order chi connectivity index (χ0) is 9.10. The van der Waals surface area contributed by atoms with Crippen LogP contribution in [-0.4, -0.2) is 13.2 Å². The van der Waals surface area contributed by atoms with Crippen LogP contribution in [-0.2, 0) is 0 Å². The van der Waals surface area contributed by atoms with Crippen molar-refractivity contribution in [1.82, 2.24) is 0 Å². The molecule has 0 spiro atoms. The Balaban J connectivity index is 2.26. The van der Waals surface area contributed by atoms with Crippen molar-refractivity contribution >= 4 is 21.4 Å². The molecule has 1 aromatic carbocycles. The van der Waals surface area contributed by atoms with Gasteiger partial charge in [0.1, 0.15) is 12.4 Å². The summed E-state index contributed by atoms with van der Waals surface area (Å²) < 4.78 is 6.70. The predicted octanol–water partition coefficient (Wildman–Crippen LogP) is 2.24. The minimum atomic E-state index is 0.557. The van der Waals surface area contributed by atoms with Gasteiger partial charge in [-0.25, -0.2) is 0 Å². The lowest BCUT2D eigenvalue weighted by Gasteiger charge is -2.03. The number of thiophene rings is 1. The van der Waals surface area contributed by atoms with Gasteiger partial charge in [-0.15, -0.1) is 11.3 Å². The van der Waals surface area contributed by atoms with E-state index in [1.54, 1.807) is 11.3 Å². The Morgan fingerprint density at radius 2 is 2.23 bits per heavy atom. The molecule has 2 nitrogen and oxygen atoms in total. The summed E-state index contributed by atoms with van der Waals surface area (Å²) in [5.41, 5.74) is 5.35. The van der Waals surface area contributed by atoms with Gasteiger partial charge < -0.3 is 10.5 Å². The minimum Gasteiger partial charge on any atom is -0.492 e. The Morgan fingerprint density at radius 1 is 1.31 bits per heavy atom. The van der Waals surface area contributed by atoms with Crippen molar-refractivity contribution in [3.63, 3.8) is 0 Å². The normalized spacial score (nSPS) is 10.5. The van der Waals surface area contributed by atoms with Crippen LogP contribution in [0.2, 0.25) is 0 Å². The fourth-order valence-electron chi connectivity index (χ4n) is 1.21. The van der Waals surface area contributed by atoms with Crippen LogP contribution in [0.3, 0.4) is 0 Å². The molecule has 0 atom stereocenters. The average molecular weight is 193 g/mol. The average Bonchev–Trinajstić information content (AvgIpc) is 2.61. The van der Waals surface area contributed by atoms with Crippen LogP contribution in [0.4, 0.5) is 0 Å². The lowest BCUT2D eigenvalue weighted by atomic mass is 10.2. The van der Waals surface area contributed by atoms with Crippen LogP contribution in [0.5, 0.6) is 5.75 Å². The highest BCUT2D eigenvalue weighted by Gasteiger charge is 1.97. The van der Waals surface area contributed by atoms with E-state index >= 15 is 0 Å². The number of ether oxygens (including phenoxy) is 1. The Bertz CT molecular complexity index is 396. The number of fused-ring (bicyclic) bond motifs is 1. The first-order chi connectivity index (χ1) is 6.40. The number of nitrogens with two attached hydrogens (primary N) is 1. The van der Waals surface area contributed by atoms with E-state index in [-0.39, 0.29) is 0 Å². The molecular weight excluding hydrogens is 182 g/mol. The molecule has 2 N–H and O–H groups in total. The lowest BCUT2D eigenvalue weighted by Crippen LogP contribution is -2.10. The van der Waals surface area contributed by atoms with Crippen molar-refractivity contribution in [3.8, 4) is 5.75 Å². The van der Waals surface area contributed by atoms with E-state index in [1.165, 1.54) is 10.1 Å². The predicted molar refractivity (Wildman–Crippen MR) is 56.4 cm³/mol. The van der Waals surface area contributed by atoms with Gasteiger partial charge in [-0.05, 0) is 35.0 Å². The molecule has 2 aromatic rings. The van der Waals surface area contributed by atoms with Crippen LogP contribution in [0.1, 0.15) is 0 Å². The van der Waals surface area contributed by atoms with Gasteiger partial charge in [0.25, 0.3) is 0 Å². The highest BCUT2D eigenvalue weighted by Crippen LogP contribution is 2.24. The first-order valence-corrected chi connectivity index (χ1v) is 5.08.